The van der Waals surface area contributed by atoms with Gasteiger partial charge in [0, 0.05) is 31.2 Å². The molecule has 6 heteroatoms. The lowest BCUT2D eigenvalue weighted by molar-refractivity contribution is 0.102. The smallest absolute Gasteiger partial charge is 0.256 e. The normalized spacial score (nSPS) is 15.3. The van der Waals surface area contributed by atoms with E-state index in [1.54, 1.807) is 12.1 Å². The summed E-state index contributed by atoms with van der Waals surface area (Å²) in [4.78, 5) is 21.4. The summed E-state index contributed by atoms with van der Waals surface area (Å²) in [5.41, 5.74) is 8.28. The van der Waals surface area contributed by atoms with Crippen LogP contribution in [0.2, 0.25) is 0 Å². The zero-order valence-electron chi connectivity index (χ0n) is 15.5. The second-order valence-corrected chi connectivity index (χ2v) is 6.94. The molecule has 2 aromatic rings. The zero-order chi connectivity index (χ0) is 18.5. The van der Waals surface area contributed by atoms with E-state index in [4.69, 9.17) is 5.73 Å². The molecule has 26 heavy (non-hydrogen) atoms. The largest absolute Gasteiger partial charge is 0.370 e. The third-order valence-corrected chi connectivity index (χ3v) is 5.00. The number of nitrogens with two attached hydrogens (primary N) is 1. The van der Waals surface area contributed by atoms with E-state index in [1.165, 1.54) is 0 Å². The number of benzene rings is 1. The monoisotopic (exact) mass is 353 g/mol. The number of pyridine rings is 1. The van der Waals surface area contributed by atoms with E-state index in [-0.39, 0.29) is 5.91 Å². The fourth-order valence-corrected chi connectivity index (χ4v) is 3.27. The summed E-state index contributed by atoms with van der Waals surface area (Å²) in [7, 11) is 4.28. The summed E-state index contributed by atoms with van der Waals surface area (Å²) in [5, 5.41) is 2.84. The van der Waals surface area contributed by atoms with E-state index in [0.717, 1.165) is 37.2 Å². The van der Waals surface area contributed by atoms with E-state index >= 15 is 0 Å². The van der Waals surface area contributed by atoms with Gasteiger partial charge in [-0.25, -0.2) is 4.98 Å². The Bertz CT molecular complexity index is 719. The average Bonchev–Trinajstić information content (AvgIpc) is 2.68. The molecular weight excluding hydrogens is 326 g/mol. The summed E-state index contributed by atoms with van der Waals surface area (Å²) >= 11 is 0. The van der Waals surface area contributed by atoms with Gasteiger partial charge in [0.25, 0.3) is 5.91 Å². The van der Waals surface area contributed by atoms with Gasteiger partial charge in [0.15, 0.2) is 0 Å². The van der Waals surface area contributed by atoms with Gasteiger partial charge in [-0.1, -0.05) is 12.1 Å². The van der Waals surface area contributed by atoms with Crippen molar-refractivity contribution in [2.75, 3.05) is 37.4 Å². The topological polar surface area (TPSA) is 74.5 Å². The van der Waals surface area contributed by atoms with Crippen LogP contribution in [0.15, 0.2) is 42.6 Å². The highest BCUT2D eigenvalue weighted by atomic mass is 16.1. The van der Waals surface area contributed by atoms with Crippen molar-refractivity contribution >= 4 is 17.4 Å². The van der Waals surface area contributed by atoms with Crippen LogP contribution < -0.4 is 16.0 Å². The minimum Gasteiger partial charge on any atom is -0.370 e. The summed E-state index contributed by atoms with van der Waals surface area (Å²) < 4.78 is 0. The van der Waals surface area contributed by atoms with Crippen molar-refractivity contribution in [2.45, 2.75) is 25.4 Å². The van der Waals surface area contributed by atoms with Crippen LogP contribution in [0.4, 0.5) is 11.5 Å². The average molecular weight is 353 g/mol. The van der Waals surface area contributed by atoms with Crippen LogP contribution >= 0.6 is 0 Å². The van der Waals surface area contributed by atoms with Crippen LogP contribution in [-0.4, -0.2) is 49.0 Å². The quantitative estimate of drug-likeness (QED) is 0.863. The van der Waals surface area contributed by atoms with Gasteiger partial charge in [-0.05, 0) is 56.8 Å². The number of nitrogens with zero attached hydrogens (tertiary/aromatic N) is 3. The molecule has 0 atom stereocenters. The summed E-state index contributed by atoms with van der Waals surface area (Å²) in [6, 6.07) is 11.8. The predicted molar refractivity (Wildman–Crippen MR) is 105 cm³/mol. The number of piperidine rings is 1. The molecule has 1 aromatic heterocycles. The SMILES string of the molecule is CN(C)C1CCN(c2ccc(NC(=O)c3ccc(CN)cc3)nc2)CC1. The third-order valence-electron chi connectivity index (χ3n) is 5.00. The summed E-state index contributed by atoms with van der Waals surface area (Å²) in [6.07, 6.45) is 4.15. The Morgan fingerprint density at radius 1 is 1.19 bits per heavy atom. The number of rotatable bonds is 5. The lowest BCUT2D eigenvalue weighted by Gasteiger charge is -2.36. The molecule has 3 N–H and O–H groups in total. The molecule has 2 heterocycles. The van der Waals surface area contributed by atoms with Crippen molar-refractivity contribution in [3.05, 3.63) is 53.7 Å². The molecule has 6 nitrogen and oxygen atoms in total. The Kier molecular flexibility index (Phi) is 5.85. The van der Waals surface area contributed by atoms with Crippen LogP contribution in [0.1, 0.15) is 28.8 Å². The van der Waals surface area contributed by atoms with E-state index in [1.807, 2.05) is 30.5 Å². The Morgan fingerprint density at radius 3 is 2.42 bits per heavy atom. The molecule has 1 fully saturated rings. The molecule has 0 spiro atoms. The fourth-order valence-electron chi connectivity index (χ4n) is 3.27. The Hall–Kier alpha value is -2.44. The van der Waals surface area contributed by atoms with E-state index in [2.05, 4.69) is 34.2 Å². The number of carbonyl (C=O) groups is 1. The maximum Gasteiger partial charge on any atom is 0.256 e. The first-order chi connectivity index (χ1) is 12.6. The molecule has 138 valence electrons. The number of amides is 1. The molecule has 0 unspecified atom stereocenters. The molecule has 0 radical (unpaired) electrons. The molecule has 1 aliphatic rings. The second kappa shape index (κ2) is 8.29. The second-order valence-electron chi connectivity index (χ2n) is 6.94. The first-order valence-corrected chi connectivity index (χ1v) is 9.04. The third kappa shape index (κ3) is 4.39. The van der Waals surface area contributed by atoms with Crippen molar-refractivity contribution < 1.29 is 4.79 Å². The predicted octanol–water partition coefficient (Wildman–Crippen LogP) is 2.32. The van der Waals surface area contributed by atoms with Gasteiger partial charge in [0.2, 0.25) is 0 Å². The minimum absolute atomic E-state index is 0.166. The molecule has 1 saturated heterocycles. The number of anilines is 2. The van der Waals surface area contributed by atoms with Gasteiger partial charge in [-0.2, -0.15) is 0 Å². The van der Waals surface area contributed by atoms with Crippen LogP contribution in [0, 0.1) is 0 Å². The summed E-state index contributed by atoms with van der Waals surface area (Å²) in [6.45, 7) is 2.53. The maximum absolute atomic E-state index is 12.3. The van der Waals surface area contributed by atoms with Gasteiger partial charge in [0.1, 0.15) is 5.82 Å². The van der Waals surface area contributed by atoms with E-state index < -0.39 is 0 Å². The van der Waals surface area contributed by atoms with Gasteiger partial charge in [-0.15, -0.1) is 0 Å². The van der Waals surface area contributed by atoms with E-state index in [0.29, 0.717) is 24.0 Å². The molecular formula is C20H27N5O. The standard InChI is InChI=1S/C20H27N5O/c1-24(2)17-9-11-25(12-10-17)18-7-8-19(22-14-18)23-20(26)16-5-3-15(13-21)4-6-16/h3-8,14,17H,9-13,21H2,1-2H3,(H,22,23,26). The van der Waals surface area contributed by atoms with Crippen LogP contribution in [0.5, 0.6) is 0 Å². The number of nitrogens with one attached hydrogen (secondary N) is 1. The number of hydrogen-bond donors (Lipinski definition) is 2. The van der Waals surface area contributed by atoms with Crippen molar-refractivity contribution in [2.24, 2.45) is 5.73 Å². The Balaban J connectivity index is 1.58. The number of carbonyl (C=O) groups excluding carboxylic acids is 1. The highest BCUT2D eigenvalue weighted by Crippen LogP contribution is 2.22. The lowest BCUT2D eigenvalue weighted by atomic mass is 10.0. The highest BCUT2D eigenvalue weighted by molar-refractivity contribution is 6.03. The van der Waals surface area contributed by atoms with E-state index in [9.17, 15) is 4.79 Å². The first-order valence-electron chi connectivity index (χ1n) is 9.04. The van der Waals surface area contributed by atoms with Gasteiger partial charge in [0.05, 0.1) is 11.9 Å². The fraction of sp³-hybridized carbons (Fsp3) is 0.400. The molecule has 1 aliphatic heterocycles. The van der Waals surface area contributed by atoms with Crippen molar-refractivity contribution in [3.63, 3.8) is 0 Å². The number of aromatic nitrogens is 1. The molecule has 0 aliphatic carbocycles. The first kappa shape index (κ1) is 18.4. The minimum atomic E-state index is -0.166. The Labute approximate surface area is 155 Å². The zero-order valence-corrected chi connectivity index (χ0v) is 15.5. The van der Waals surface area contributed by atoms with Gasteiger partial charge < -0.3 is 20.9 Å². The van der Waals surface area contributed by atoms with Crippen molar-refractivity contribution in [3.8, 4) is 0 Å². The summed E-state index contributed by atoms with van der Waals surface area (Å²) in [5.74, 6) is 0.394. The highest BCUT2D eigenvalue weighted by Gasteiger charge is 2.20. The molecule has 1 aromatic carbocycles. The molecule has 0 saturated carbocycles. The van der Waals surface area contributed by atoms with Crippen LogP contribution in [-0.2, 0) is 6.54 Å². The van der Waals surface area contributed by atoms with Crippen molar-refractivity contribution in [1.29, 1.82) is 0 Å². The Morgan fingerprint density at radius 2 is 1.88 bits per heavy atom. The molecule has 0 bridgehead atoms. The number of hydrogen-bond acceptors (Lipinski definition) is 5. The van der Waals surface area contributed by atoms with Crippen LogP contribution in [0.25, 0.3) is 0 Å². The van der Waals surface area contributed by atoms with Gasteiger partial charge >= 0.3 is 0 Å². The van der Waals surface area contributed by atoms with Gasteiger partial charge in [-0.3, -0.25) is 4.79 Å². The van der Waals surface area contributed by atoms with Crippen LogP contribution in [0.3, 0.4) is 0 Å². The molecule has 3 rings (SSSR count). The maximum atomic E-state index is 12.3. The van der Waals surface area contributed by atoms with Crippen molar-refractivity contribution in [1.82, 2.24) is 9.88 Å². The lowest BCUT2D eigenvalue weighted by Crippen LogP contribution is -2.42. The molecule has 1 amide bonds.